The summed E-state index contributed by atoms with van der Waals surface area (Å²) in [5.41, 5.74) is 0.924. The molecular formula is C16H17ClN4O4. The van der Waals surface area contributed by atoms with E-state index in [-0.39, 0.29) is 30.0 Å². The number of carboxylic acids is 1. The van der Waals surface area contributed by atoms with Crippen LogP contribution in [0.3, 0.4) is 0 Å². The van der Waals surface area contributed by atoms with E-state index < -0.39 is 17.9 Å². The Morgan fingerprint density at radius 2 is 2.12 bits per heavy atom. The van der Waals surface area contributed by atoms with Crippen LogP contribution in [0.25, 0.3) is 0 Å². The van der Waals surface area contributed by atoms with E-state index >= 15 is 0 Å². The highest BCUT2D eigenvalue weighted by Crippen LogP contribution is 2.21. The van der Waals surface area contributed by atoms with Gasteiger partial charge in [0.2, 0.25) is 5.91 Å². The summed E-state index contributed by atoms with van der Waals surface area (Å²) in [6, 6.07) is 3.20. The Hall–Kier alpha value is -2.87. The first-order valence-corrected chi connectivity index (χ1v) is 7.88. The molecule has 1 heterocycles. The van der Waals surface area contributed by atoms with E-state index in [9.17, 15) is 19.5 Å². The number of anilines is 1. The fourth-order valence-corrected chi connectivity index (χ4v) is 2.28. The average Bonchev–Trinajstić information content (AvgIpc) is 3.07. The van der Waals surface area contributed by atoms with Crippen molar-refractivity contribution in [2.45, 2.75) is 25.8 Å². The number of hydrogen-bond donors (Lipinski definition) is 4. The van der Waals surface area contributed by atoms with Gasteiger partial charge in [-0.3, -0.25) is 9.59 Å². The SMILES string of the molecule is CCC(=O)Nc1cc(Cl)ccc1C(=O)N[C@@H](Cc1cnc[nH]1)C(=O)O. The quantitative estimate of drug-likeness (QED) is 0.596. The van der Waals surface area contributed by atoms with Crippen LogP contribution in [0.5, 0.6) is 0 Å². The second kappa shape index (κ2) is 8.29. The molecule has 0 bridgehead atoms. The van der Waals surface area contributed by atoms with Gasteiger partial charge in [-0.2, -0.15) is 0 Å². The number of halogens is 1. The van der Waals surface area contributed by atoms with Crippen molar-refractivity contribution in [3.63, 3.8) is 0 Å². The van der Waals surface area contributed by atoms with Crippen LogP contribution in [0.15, 0.2) is 30.7 Å². The number of carboxylic acid groups (broad SMARTS) is 1. The van der Waals surface area contributed by atoms with Crippen molar-refractivity contribution in [1.29, 1.82) is 0 Å². The highest BCUT2D eigenvalue weighted by molar-refractivity contribution is 6.31. The first-order chi connectivity index (χ1) is 11.9. The summed E-state index contributed by atoms with van der Waals surface area (Å²) >= 11 is 5.91. The number of benzene rings is 1. The standard InChI is InChI=1S/C16H17ClN4O4/c1-2-14(22)20-12-5-9(17)3-4-11(12)15(23)21-13(16(24)25)6-10-7-18-8-19-10/h3-5,7-8,13H,2,6H2,1H3,(H,18,19)(H,20,22)(H,21,23)(H,24,25)/t13-/m0/s1. The monoisotopic (exact) mass is 364 g/mol. The number of carbonyl (C=O) groups excluding carboxylic acids is 2. The van der Waals surface area contributed by atoms with Gasteiger partial charge in [-0.05, 0) is 18.2 Å². The number of rotatable bonds is 7. The third kappa shape index (κ3) is 5.05. The Balaban J connectivity index is 2.20. The minimum Gasteiger partial charge on any atom is -0.480 e. The normalized spacial score (nSPS) is 11.6. The number of aliphatic carboxylic acids is 1. The first kappa shape index (κ1) is 18.5. The molecule has 25 heavy (non-hydrogen) atoms. The van der Waals surface area contributed by atoms with Crippen LogP contribution in [0.4, 0.5) is 5.69 Å². The minimum atomic E-state index is -1.18. The fraction of sp³-hybridized carbons (Fsp3) is 0.250. The molecule has 132 valence electrons. The summed E-state index contributed by atoms with van der Waals surface area (Å²) in [5, 5.41) is 14.7. The van der Waals surface area contributed by atoms with Crippen LogP contribution in [0.1, 0.15) is 29.4 Å². The van der Waals surface area contributed by atoms with Gasteiger partial charge in [0.25, 0.3) is 5.91 Å². The van der Waals surface area contributed by atoms with Gasteiger partial charge in [0.1, 0.15) is 6.04 Å². The van der Waals surface area contributed by atoms with Gasteiger partial charge < -0.3 is 20.7 Å². The largest absolute Gasteiger partial charge is 0.480 e. The molecule has 0 aliphatic heterocycles. The van der Waals surface area contributed by atoms with Crippen molar-refractivity contribution in [3.05, 3.63) is 47.0 Å². The van der Waals surface area contributed by atoms with Gasteiger partial charge in [0.05, 0.1) is 17.6 Å². The second-order valence-corrected chi connectivity index (χ2v) is 5.67. The summed E-state index contributed by atoms with van der Waals surface area (Å²) < 4.78 is 0. The van der Waals surface area contributed by atoms with Crippen molar-refractivity contribution in [3.8, 4) is 0 Å². The molecule has 0 fully saturated rings. The van der Waals surface area contributed by atoms with Crippen LogP contribution >= 0.6 is 11.6 Å². The average molecular weight is 365 g/mol. The number of hydrogen-bond acceptors (Lipinski definition) is 4. The number of carbonyl (C=O) groups is 3. The Bertz CT molecular complexity index is 776. The van der Waals surface area contributed by atoms with Crippen molar-refractivity contribution in [1.82, 2.24) is 15.3 Å². The molecule has 4 N–H and O–H groups in total. The van der Waals surface area contributed by atoms with Crippen LogP contribution in [0.2, 0.25) is 5.02 Å². The molecule has 2 aromatic rings. The molecule has 8 nitrogen and oxygen atoms in total. The molecule has 0 radical (unpaired) electrons. The predicted octanol–water partition coefficient (Wildman–Crippen LogP) is 1.84. The minimum absolute atomic E-state index is 0.0469. The van der Waals surface area contributed by atoms with Crippen molar-refractivity contribution in [2.24, 2.45) is 0 Å². The summed E-state index contributed by atoms with van der Waals surface area (Å²) in [4.78, 5) is 42.1. The maximum Gasteiger partial charge on any atom is 0.326 e. The second-order valence-electron chi connectivity index (χ2n) is 5.24. The van der Waals surface area contributed by atoms with Crippen molar-refractivity contribution < 1.29 is 19.5 Å². The number of H-pyrrole nitrogens is 1. The van der Waals surface area contributed by atoms with Gasteiger partial charge in [0.15, 0.2) is 0 Å². The van der Waals surface area contributed by atoms with E-state index in [1.807, 2.05) is 0 Å². The highest BCUT2D eigenvalue weighted by atomic mass is 35.5. The Morgan fingerprint density at radius 1 is 1.36 bits per heavy atom. The number of nitrogens with one attached hydrogen (secondary N) is 3. The third-order valence-electron chi connectivity index (χ3n) is 3.40. The van der Waals surface area contributed by atoms with E-state index in [2.05, 4.69) is 20.6 Å². The maximum absolute atomic E-state index is 12.5. The zero-order valence-corrected chi connectivity index (χ0v) is 14.1. The van der Waals surface area contributed by atoms with Crippen LogP contribution in [-0.4, -0.2) is 38.9 Å². The maximum atomic E-state index is 12.5. The van der Waals surface area contributed by atoms with Crippen molar-refractivity contribution >= 4 is 35.1 Å². The lowest BCUT2D eigenvalue weighted by Gasteiger charge is -2.16. The highest BCUT2D eigenvalue weighted by Gasteiger charge is 2.23. The van der Waals surface area contributed by atoms with Gasteiger partial charge >= 0.3 is 5.97 Å². The van der Waals surface area contributed by atoms with Gasteiger partial charge in [-0.25, -0.2) is 9.78 Å². The van der Waals surface area contributed by atoms with Crippen LogP contribution in [-0.2, 0) is 16.0 Å². The van der Waals surface area contributed by atoms with Gasteiger partial charge in [-0.15, -0.1) is 0 Å². The molecule has 1 aromatic heterocycles. The number of nitrogens with zero attached hydrogens (tertiary/aromatic N) is 1. The first-order valence-electron chi connectivity index (χ1n) is 7.51. The lowest BCUT2D eigenvalue weighted by atomic mass is 10.1. The Labute approximate surface area is 148 Å². The molecule has 2 amide bonds. The molecule has 2 rings (SSSR count). The lowest BCUT2D eigenvalue weighted by Crippen LogP contribution is -2.42. The fourth-order valence-electron chi connectivity index (χ4n) is 2.11. The molecule has 0 spiro atoms. The molecule has 0 saturated carbocycles. The molecule has 1 aromatic carbocycles. The lowest BCUT2D eigenvalue weighted by molar-refractivity contribution is -0.139. The van der Waals surface area contributed by atoms with E-state index in [4.69, 9.17) is 11.6 Å². The molecular weight excluding hydrogens is 348 g/mol. The zero-order chi connectivity index (χ0) is 18.4. The topological polar surface area (TPSA) is 124 Å². The van der Waals surface area contributed by atoms with E-state index in [1.165, 1.54) is 30.7 Å². The summed E-state index contributed by atoms with van der Waals surface area (Å²) in [7, 11) is 0. The summed E-state index contributed by atoms with van der Waals surface area (Å²) in [5.74, 6) is -2.10. The number of aromatic nitrogens is 2. The Morgan fingerprint density at radius 3 is 2.72 bits per heavy atom. The molecule has 0 saturated heterocycles. The predicted molar refractivity (Wildman–Crippen MR) is 91.6 cm³/mol. The van der Waals surface area contributed by atoms with Crippen molar-refractivity contribution in [2.75, 3.05) is 5.32 Å². The number of aromatic amines is 1. The van der Waals surface area contributed by atoms with Crippen LogP contribution < -0.4 is 10.6 Å². The molecule has 0 unspecified atom stereocenters. The smallest absolute Gasteiger partial charge is 0.326 e. The molecule has 0 aliphatic carbocycles. The summed E-state index contributed by atoms with van der Waals surface area (Å²) in [6.45, 7) is 1.67. The van der Waals surface area contributed by atoms with E-state index in [1.54, 1.807) is 6.92 Å². The number of amides is 2. The molecule has 9 heteroatoms. The molecule has 0 aliphatic rings. The van der Waals surface area contributed by atoms with Gasteiger partial charge in [-0.1, -0.05) is 18.5 Å². The molecule has 1 atom stereocenters. The van der Waals surface area contributed by atoms with E-state index in [0.717, 1.165) is 0 Å². The number of imidazole rings is 1. The zero-order valence-electron chi connectivity index (χ0n) is 13.4. The summed E-state index contributed by atoms with van der Waals surface area (Å²) in [6.07, 6.45) is 3.18. The third-order valence-corrected chi connectivity index (χ3v) is 3.64. The Kier molecular flexibility index (Phi) is 6.13. The van der Waals surface area contributed by atoms with Crippen LogP contribution in [0, 0.1) is 0 Å². The van der Waals surface area contributed by atoms with Gasteiger partial charge in [0, 0.05) is 29.8 Å². The van der Waals surface area contributed by atoms with E-state index in [0.29, 0.717) is 10.7 Å².